The third-order valence-electron chi connectivity index (χ3n) is 3.43. The van der Waals surface area contributed by atoms with E-state index in [1.807, 2.05) is 38.1 Å². The van der Waals surface area contributed by atoms with Crippen LogP contribution in [0.5, 0.6) is 0 Å². The van der Waals surface area contributed by atoms with Gasteiger partial charge in [0.05, 0.1) is 10.7 Å². The van der Waals surface area contributed by atoms with E-state index in [-0.39, 0.29) is 5.02 Å². The molecule has 128 valence electrons. The van der Waals surface area contributed by atoms with E-state index < -0.39 is 5.82 Å². The SMILES string of the molecule is Cc1ccc(N=C(Nc2ccc(F)c(Cl)c2)n2sc(C)cc2=N)cc1. The van der Waals surface area contributed by atoms with Gasteiger partial charge in [-0.3, -0.25) is 5.41 Å². The van der Waals surface area contributed by atoms with Crippen LogP contribution in [0.4, 0.5) is 15.8 Å². The van der Waals surface area contributed by atoms with Crippen LogP contribution >= 0.6 is 23.1 Å². The highest BCUT2D eigenvalue weighted by molar-refractivity contribution is 7.07. The van der Waals surface area contributed by atoms with E-state index in [9.17, 15) is 4.39 Å². The highest BCUT2D eigenvalue weighted by atomic mass is 35.5. The largest absolute Gasteiger partial charge is 0.325 e. The molecular weight excluding hydrogens is 359 g/mol. The Morgan fingerprint density at radius 1 is 1.16 bits per heavy atom. The average Bonchev–Trinajstić information content (AvgIpc) is 2.91. The zero-order valence-electron chi connectivity index (χ0n) is 13.7. The molecule has 1 heterocycles. The second-order valence-electron chi connectivity index (χ2n) is 5.55. The zero-order chi connectivity index (χ0) is 18.0. The van der Waals surface area contributed by atoms with Gasteiger partial charge in [-0.25, -0.2) is 13.3 Å². The number of benzene rings is 2. The second-order valence-corrected chi connectivity index (χ2v) is 7.15. The van der Waals surface area contributed by atoms with Crippen molar-refractivity contribution in [2.75, 3.05) is 5.32 Å². The van der Waals surface area contributed by atoms with E-state index in [0.717, 1.165) is 16.1 Å². The van der Waals surface area contributed by atoms with Crippen LogP contribution in [0.15, 0.2) is 53.5 Å². The Balaban J connectivity index is 2.05. The summed E-state index contributed by atoms with van der Waals surface area (Å²) < 4.78 is 15.1. The molecule has 0 radical (unpaired) electrons. The number of hydrogen-bond acceptors (Lipinski definition) is 3. The van der Waals surface area contributed by atoms with Gasteiger partial charge >= 0.3 is 0 Å². The van der Waals surface area contributed by atoms with Gasteiger partial charge in [0.15, 0.2) is 0 Å². The Hall–Kier alpha value is -2.44. The minimum atomic E-state index is -0.481. The van der Waals surface area contributed by atoms with E-state index in [1.165, 1.54) is 23.7 Å². The van der Waals surface area contributed by atoms with Crippen molar-refractivity contribution in [1.82, 2.24) is 3.96 Å². The zero-order valence-corrected chi connectivity index (χ0v) is 15.2. The fourth-order valence-electron chi connectivity index (χ4n) is 2.20. The Labute approximate surface area is 153 Å². The molecule has 2 aromatic carbocycles. The molecule has 3 rings (SSSR count). The number of aromatic nitrogens is 1. The van der Waals surface area contributed by atoms with Crippen LogP contribution in [0.2, 0.25) is 5.02 Å². The molecule has 0 saturated heterocycles. The Morgan fingerprint density at radius 3 is 2.48 bits per heavy atom. The summed E-state index contributed by atoms with van der Waals surface area (Å²) in [5.41, 5.74) is 2.79. The molecule has 1 aromatic heterocycles. The quantitative estimate of drug-likeness (QED) is 0.476. The van der Waals surface area contributed by atoms with Gasteiger partial charge in [0, 0.05) is 10.6 Å². The molecule has 2 N–H and O–H groups in total. The van der Waals surface area contributed by atoms with Crippen molar-refractivity contribution in [3.05, 3.63) is 75.3 Å². The van der Waals surface area contributed by atoms with Gasteiger partial charge < -0.3 is 5.32 Å². The molecule has 0 amide bonds. The molecule has 4 nitrogen and oxygen atoms in total. The van der Waals surface area contributed by atoms with E-state index in [2.05, 4.69) is 10.3 Å². The number of aryl methyl sites for hydroxylation is 2. The average molecular weight is 375 g/mol. The van der Waals surface area contributed by atoms with Crippen molar-refractivity contribution >= 4 is 40.5 Å². The van der Waals surface area contributed by atoms with E-state index in [1.54, 1.807) is 16.1 Å². The van der Waals surface area contributed by atoms with Crippen LogP contribution < -0.4 is 10.8 Å². The molecule has 0 saturated carbocycles. The van der Waals surface area contributed by atoms with Crippen LogP contribution in [0.3, 0.4) is 0 Å². The second kappa shape index (κ2) is 7.21. The summed E-state index contributed by atoms with van der Waals surface area (Å²) in [6.45, 7) is 3.93. The first-order valence-corrected chi connectivity index (χ1v) is 8.70. The molecule has 25 heavy (non-hydrogen) atoms. The lowest BCUT2D eigenvalue weighted by Gasteiger charge is -2.11. The van der Waals surface area contributed by atoms with Gasteiger partial charge in [0.2, 0.25) is 5.96 Å². The molecule has 0 aliphatic carbocycles. The number of halogens is 2. The molecule has 3 aromatic rings. The molecule has 0 unspecified atom stereocenters. The van der Waals surface area contributed by atoms with Crippen LogP contribution in [0.25, 0.3) is 0 Å². The summed E-state index contributed by atoms with van der Waals surface area (Å²) in [7, 11) is 0. The summed E-state index contributed by atoms with van der Waals surface area (Å²) in [5, 5.41) is 11.3. The van der Waals surface area contributed by atoms with E-state index >= 15 is 0 Å². The van der Waals surface area contributed by atoms with Crippen LogP contribution in [-0.2, 0) is 0 Å². The first-order valence-electron chi connectivity index (χ1n) is 7.55. The fourth-order valence-corrected chi connectivity index (χ4v) is 3.15. The molecule has 0 atom stereocenters. The lowest BCUT2D eigenvalue weighted by Crippen LogP contribution is -2.28. The lowest BCUT2D eigenvalue weighted by molar-refractivity contribution is 0.628. The summed E-state index contributed by atoms with van der Waals surface area (Å²) in [6.07, 6.45) is 0. The van der Waals surface area contributed by atoms with Crippen LogP contribution in [-0.4, -0.2) is 9.92 Å². The number of nitrogens with zero attached hydrogens (tertiary/aromatic N) is 2. The van der Waals surface area contributed by atoms with Gasteiger partial charge in [-0.1, -0.05) is 40.8 Å². The molecule has 0 aliphatic rings. The van der Waals surface area contributed by atoms with Crippen LogP contribution in [0.1, 0.15) is 10.4 Å². The standard InChI is InChI=1S/C18H16ClFN4S/c1-11-3-5-13(6-4-11)22-18(24-17(21)9-12(2)25-24)23-14-7-8-16(20)15(19)10-14/h3-10,21H,1-2H3,(H,22,23). The van der Waals surface area contributed by atoms with E-state index in [4.69, 9.17) is 17.0 Å². The van der Waals surface area contributed by atoms with Crippen molar-refractivity contribution in [2.24, 2.45) is 4.99 Å². The molecule has 0 fully saturated rings. The van der Waals surface area contributed by atoms with E-state index in [0.29, 0.717) is 17.1 Å². The molecular formula is C18H16ClFN4S. The lowest BCUT2D eigenvalue weighted by atomic mass is 10.2. The number of aliphatic imine (C=N–C) groups is 1. The minimum absolute atomic E-state index is 0.0261. The summed E-state index contributed by atoms with van der Waals surface area (Å²) >= 11 is 7.26. The Kier molecular flexibility index (Phi) is 5.01. The maximum atomic E-state index is 13.4. The maximum absolute atomic E-state index is 13.4. The minimum Gasteiger partial charge on any atom is -0.325 e. The summed E-state index contributed by atoms with van der Waals surface area (Å²) in [5.74, 6) is -0.0281. The number of hydrogen-bond donors (Lipinski definition) is 2. The van der Waals surface area contributed by atoms with Gasteiger partial charge in [0.25, 0.3) is 0 Å². The topological polar surface area (TPSA) is 53.2 Å². The highest BCUT2D eigenvalue weighted by Gasteiger charge is 2.09. The van der Waals surface area contributed by atoms with Gasteiger partial charge in [-0.15, -0.1) is 0 Å². The van der Waals surface area contributed by atoms with Crippen molar-refractivity contribution in [2.45, 2.75) is 13.8 Å². The van der Waals surface area contributed by atoms with Crippen LogP contribution in [0, 0.1) is 25.1 Å². The number of nitrogens with one attached hydrogen (secondary N) is 2. The molecule has 0 bridgehead atoms. The molecule has 0 spiro atoms. The monoisotopic (exact) mass is 374 g/mol. The Morgan fingerprint density at radius 2 is 1.88 bits per heavy atom. The summed E-state index contributed by atoms with van der Waals surface area (Å²) in [4.78, 5) is 5.60. The first kappa shape index (κ1) is 17.4. The molecule has 0 aliphatic heterocycles. The highest BCUT2D eigenvalue weighted by Crippen LogP contribution is 2.21. The predicted molar refractivity (Wildman–Crippen MR) is 102 cm³/mol. The predicted octanol–water partition coefficient (Wildman–Crippen LogP) is 5.09. The fraction of sp³-hybridized carbons (Fsp3) is 0.111. The third kappa shape index (κ3) is 4.15. The maximum Gasteiger partial charge on any atom is 0.223 e. The van der Waals surface area contributed by atoms with Gasteiger partial charge in [0.1, 0.15) is 11.3 Å². The number of rotatable bonds is 2. The van der Waals surface area contributed by atoms with Crippen molar-refractivity contribution in [3.8, 4) is 0 Å². The molecule has 7 heteroatoms. The normalized spacial score (nSPS) is 11.6. The smallest absolute Gasteiger partial charge is 0.223 e. The third-order valence-corrected chi connectivity index (χ3v) is 4.68. The Bertz CT molecular complexity index is 989. The first-order chi connectivity index (χ1) is 11.9. The van der Waals surface area contributed by atoms with Gasteiger partial charge in [-0.2, -0.15) is 0 Å². The number of anilines is 1. The van der Waals surface area contributed by atoms with Gasteiger partial charge in [-0.05, 0) is 50.2 Å². The summed E-state index contributed by atoms with van der Waals surface area (Å²) in [6, 6.07) is 13.9. The van der Waals surface area contributed by atoms with Crippen molar-refractivity contribution in [3.63, 3.8) is 0 Å². The van der Waals surface area contributed by atoms with Crippen molar-refractivity contribution in [1.29, 1.82) is 5.41 Å². The van der Waals surface area contributed by atoms with Crippen molar-refractivity contribution < 1.29 is 4.39 Å².